The number of carbonyl (C=O) groups excluding carboxylic acids is 2. The summed E-state index contributed by atoms with van der Waals surface area (Å²) in [5.41, 5.74) is 2.33. The Kier molecular flexibility index (Phi) is 7.01. The number of aryl methyl sites for hydroxylation is 1. The van der Waals surface area contributed by atoms with E-state index in [1.807, 2.05) is 24.3 Å². The summed E-state index contributed by atoms with van der Waals surface area (Å²) in [5.74, 6) is 0.237. The average molecular weight is 341 g/mol. The van der Waals surface area contributed by atoms with Crippen LogP contribution in [-0.4, -0.2) is 25.1 Å². The number of rotatable bonds is 8. The van der Waals surface area contributed by atoms with E-state index in [4.69, 9.17) is 9.47 Å². The van der Waals surface area contributed by atoms with Gasteiger partial charge >= 0.3 is 5.97 Å². The van der Waals surface area contributed by atoms with E-state index >= 15 is 0 Å². The number of amides is 1. The molecule has 2 aromatic rings. The number of carbonyl (C=O) groups is 2. The largest absolute Gasteiger partial charge is 0.493 e. The summed E-state index contributed by atoms with van der Waals surface area (Å²) >= 11 is 0. The second-order valence-electron chi connectivity index (χ2n) is 5.44. The highest BCUT2D eigenvalue weighted by Crippen LogP contribution is 2.14. The second-order valence-corrected chi connectivity index (χ2v) is 5.44. The van der Waals surface area contributed by atoms with Crippen LogP contribution in [0.5, 0.6) is 5.75 Å². The van der Waals surface area contributed by atoms with Crippen molar-refractivity contribution in [1.82, 2.24) is 0 Å². The van der Waals surface area contributed by atoms with E-state index in [9.17, 15) is 9.59 Å². The number of anilines is 1. The second kappa shape index (κ2) is 9.47. The fourth-order valence-corrected chi connectivity index (χ4v) is 2.21. The van der Waals surface area contributed by atoms with Crippen LogP contribution in [0.25, 0.3) is 0 Å². The van der Waals surface area contributed by atoms with Crippen LogP contribution in [0.2, 0.25) is 0 Å². The number of nitrogens with one attached hydrogen (secondary N) is 1. The van der Waals surface area contributed by atoms with Crippen molar-refractivity contribution in [2.45, 2.75) is 26.7 Å². The monoisotopic (exact) mass is 341 g/mol. The lowest BCUT2D eigenvalue weighted by Gasteiger charge is -2.08. The predicted octanol–water partition coefficient (Wildman–Crippen LogP) is 3.83. The molecule has 0 unspecified atom stereocenters. The predicted molar refractivity (Wildman–Crippen MR) is 97.0 cm³/mol. The Balaban J connectivity index is 1.76. The minimum absolute atomic E-state index is 0.144. The van der Waals surface area contributed by atoms with E-state index in [0.29, 0.717) is 24.5 Å². The molecule has 0 saturated carbocycles. The molecule has 0 saturated heterocycles. The van der Waals surface area contributed by atoms with Crippen molar-refractivity contribution < 1.29 is 19.1 Å². The highest BCUT2D eigenvalue weighted by Gasteiger charge is 2.07. The van der Waals surface area contributed by atoms with E-state index in [2.05, 4.69) is 12.2 Å². The van der Waals surface area contributed by atoms with Gasteiger partial charge in [-0.15, -0.1) is 0 Å². The van der Waals surface area contributed by atoms with Gasteiger partial charge in [-0.05, 0) is 55.3 Å². The molecule has 0 spiro atoms. The minimum Gasteiger partial charge on any atom is -0.493 e. The van der Waals surface area contributed by atoms with E-state index in [0.717, 1.165) is 12.2 Å². The molecular weight excluding hydrogens is 318 g/mol. The first-order valence-electron chi connectivity index (χ1n) is 8.41. The quantitative estimate of drug-likeness (QED) is 0.741. The Labute approximate surface area is 148 Å². The first kappa shape index (κ1) is 18.5. The molecule has 0 aliphatic carbocycles. The SMILES string of the molecule is CCOC(=O)c1ccc(NC(=O)CCOc2ccc(CC)cc2)cc1. The van der Waals surface area contributed by atoms with E-state index < -0.39 is 0 Å². The Morgan fingerprint density at radius 2 is 1.64 bits per heavy atom. The fourth-order valence-electron chi connectivity index (χ4n) is 2.21. The Bertz CT molecular complexity index is 693. The van der Waals surface area contributed by atoms with Gasteiger partial charge in [-0.3, -0.25) is 4.79 Å². The summed E-state index contributed by atoms with van der Waals surface area (Å²) in [4.78, 5) is 23.5. The van der Waals surface area contributed by atoms with Gasteiger partial charge in [-0.1, -0.05) is 19.1 Å². The molecule has 5 nitrogen and oxygen atoms in total. The summed E-state index contributed by atoms with van der Waals surface area (Å²) in [5, 5.41) is 2.77. The molecule has 0 aliphatic heterocycles. The van der Waals surface area contributed by atoms with Crippen molar-refractivity contribution in [3.63, 3.8) is 0 Å². The number of ether oxygens (including phenoxy) is 2. The topological polar surface area (TPSA) is 64.6 Å². The standard InChI is InChI=1S/C20H23NO4/c1-3-15-5-11-18(12-6-15)25-14-13-19(22)21-17-9-7-16(8-10-17)20(23)24-4-2/h5-12H,3-4,13-14H2,1-2H3,(H,21,22). The normalized spacial score (nSPS) is 10.2. The zero-order valence-electron chi connectivity index (χ0n) is 14.6. The molecule has 1 amide bonds. The molecule has 0 fully saturated rings. The van der Waals surface area contributed by atoms with Crippen LogP contribution in [0.15, 0.2) is 48.5 Å². The summed E-state index contributed by atoms with van der Waals surface area (Å²) in [6.07, 6.45) is 1.23. The van der Waals surface area contributed by atoms with Gasteiger partial charge < -0.3 is 14.8 Å². The van der Waals surface area contributed by atoms with Crippen LogP contribution in [0, 0.1) is 0 Å². The Morgan fingerprint density at radius 3 is 2.24 bits per heavy atom. The van der Waals surface area contributed by atoms with Crippen LogP contribution in [0.1, 0.15) is 36.2 Å². The highest BCUT2D eigenvalue weighted by atomic mass is 16.5. The third-order valence-electron chi connectivity index (χ3n) is 3.61. The molecular formula is C20H23NO4. The van der Waals surface area contributed by atoms with Crippen molar-refractivity contribution in [3.05, 3.63) is 59.7 Å². The Morgan fingerprint density at radius 1 is 0.960 bits per heavy atom. The van der Waals surface area contributed by atoms with Crippen molar-refractivity contribution >= 4 is 17.6 Å². The van der Waals surface area contributed by atoms with Crippen LogP contribution >= 0.6 is 0 Å². The molecule has 0 aliphatic rings. The van der Waals surface area contributed by atoms with E-state index in [1.165, 1.54) is 5.56 Å². The lowest BCUT2D eigenvalue weighted by Crippen LogP contribution is -2.15. The highest BCUT2D eigenvalue weighted by molar-refractivity contribution is 5.93. The molecule has 0 bridgehead atoms. The third kappa shape index (κ3) is 5.95. The van der Waals surface area contributed by atoms with Gasteiger partial charge in [0.25, 0.3) is 0 Å². The zero-order chi connectivity index (χ0) is 18.1. The molecule has 0 atom stereocenters. The van der Waals surface area contributed by atoms with Crippen molar-refractivity contribution in [2.75, 3.05) is 18.5 Å². The first-order chi connectivity index (χ1) is 12.1. The molecule has 0 radical (unpaired) electrons. The van der Waals surface area contributed by atoms with Crippen molar-refractivity contribution in [1.29, 1.82) is 0 Å². The van der Waals surface area contributed by atoms with E-state index in [-0.39, 0.29) is 18.3 Å². The van der Waals surface area contributed by atoms with Gasteiger partial charge in [-0.25, -0.2) is 4.79 Å². The number of esters is 1. The lowest BCUT2D eigenvalue weighted by atomic mass is 10.2. The van der Waals surface area contributed by atoms with Gasteiger partial charge in [0, 0.05) is 5.69 Å². The molecule has 2 rings (SSSR count). The summed E-state index contributed by atoms with van der Waals surface area (Å²) < 4.78 is 10.5. The minimum atomic E-state index is -0.372. The first-order valence-corrected chi connectivity index (χ1v) is 8.41. The molecule has 25 heavy (non-hydrogen) atoms. The summed E-state index contributed by atoms with van der Waals surface area (Å²) in [6.45, 7) is 4.49. The summed E-state index contributed by atoms with van der Waals surface area (Å²) in [6, 6.07) is 14.4. The van der Waals surface area contributed by atoms with Crippen LogP contribution < -0.4 is 10.1 Å². The van der Waals surface area contributed by atoms with Crippen LogP contribution in [-0.2, 0) is 16.0 Å². The van der Waals surface area contributed by atoms with Gasteiger partial charge in [0.1, 0.15) is 5.75 Å². The zero-order valence-corrected chi connectivity index (χ0v) is 14.6. The van der Waals surface area contributed by atoms with Gasteiger partial charge in [0.05, 0.1) is 25.2 Å². The van der Waals surface area contributed by atoms with Crippen molar-refractivity contribution in [2.24, 2.45) is 0 Å². The number of hydrogen-bond acceptors (Lipinski definition) is 4. The molecule has 1 N–H and O–H groups in total. The van der Waals surface area contributed by atoms with Gasteiger partial charge in [-0.2, -0.15) is 0 Å². The van der Waals surface area contributed by atoms with Gasteiger partial charge in [0.2, 0.25) is 5.91 Å². The maximum Gasteiger partial charge on any atom is 0.338 e. The average Bonchev–Trinajstić information content (AvgIpc) is 2.63. The molecule has 0 heterocycles. The molecule has 0 aromatic heterocycles. The van der Waals surface area contributed by atoms with Crippen LogP contribution in [0.3, 0.4) is 0 Å². The van der Waals surface area contributed by atoms with Crippen LogP contribution in [0.4, 0.5) is 5.69 Å². The third-order valence-corrected chi connectivity index (χ3v) is 3.61. The molecule has 2 aromatic carbocycles. The summed E-state index contributed by atoms with van der Waals surface area (Å²) in [7, 11) is 0. The number of hydrogen-bond donors (Lipinski definition) is 1. The maximum absolute atomic E-state index is 11.9. The molecule has 5 heteroatoms. The smallest absolute Gasteiger partial charge is 0.338 e. The number of benzene rings is 2. The van der Waals surface area contributed by atoms with Gasteiger partial charge in [0.15, 0.2) is 0 Å². The van der Waals surface area contributed by atoms with E-state index in [1.54, 1.807) is 31.2 Å². The molecule has 132 valence electrons. The van der Waals surface area contributed by atoms with Crippen molar-refractivity contribution in [3.8, 4) is 5.75 Å². The maximum atomic E-state index is 11.9. The lowest BCUT2D eigenvalue weighted by molar-refractivity contribution is -0.116. The Hall–Kier alpha value is -2.82. The fraction of sp³-hybridized carbons (Fsp3) is 0.300.